The zero-order chi connectivity index (χ0) is 24.1. The van der Waals surface area contributed by atoms with E-state index in [1.165, 1.54) is 19.2 Å². The van der Waals surface area contributed by atoms with Crippen LogP contribution in [0.3, 0.4) is 0 Å². The number of nitrogens with one attached hydrogen (secondary N) is 2. The molecule has 33 heavy (non-hydrogen) atoms. The largest absolute Gasteiger partial charge is 0.497 e. The van der Waals surface area contributed by atoms with Crippen LogP contribution in [-0.2, 0) is 25.0 Å². The molecule has 9 heteroatoms. The highest BCUT2D eigenvalue weighted by Crippen LogP contribution is 2.35. The van der Waals surface area contributed by atoms with Crippen molar-refractivity contribution in [2.75, 3.05) is 26.9 Å². The Morgan fingerprint density at radius 2 is 1.82 bits per heavy atom. The van der Waals surface area contributed by atoms with Gasteiger partial charge in [0, 0.05) is 30.2 Å². The first-order valence-electron chi connectivity index (χ1n) is 10.9. The molecule has 2 N–H and O–H groups in total. The summed E-state index contributed by atoms with van der Waals surface area (Å²) in [6.45, 7) is 5.15. The van der Waals surface area contributed by atoms with Crippen LogP contribution in [0.1, 0.15) is 32.3 Å². The second-order valence-corrected chi connectivity index (χ2v) is 10.8. The van der Waals surface area contributed by atoms with Crippen LogP contribution in [0, 0.1) is 5.92 Å². The second-order valence-electron chi connectivity index (χ2n) is 8.64. The van der Waals surface area contributed by atoms with Crippen molar-refractivity contribution < 1.29 is 22.7 Å². The highest BCUT2D eigenvalue weighted by molar-refractivity contribution is 7.89. The minimum atomic E-state index is -3.89. The monoisotopic (exact) mass is 494 g/mol. The molecule has 1 amide bonds. The lowest BCUT2D eigenvalue weighted by molar-refractivity contribution is -0.124. The first kappa shape index (κ1) is 25.5. The Balaban J connectivity index is 1.76. The number of carbonyl (C=O) groups excluding carboxylic acids is 1. The Morgan fingerprint density at radius 3 is 2.39 bits per heavy atom. The van der Waals surface area contributed by atoms with Crippen molar-refractivity contribution >= 4 is 27.5 Å². The molecule has 1 fully saturated rings. The number of sulfonamides is 1. The number of hydrogen-bond acceptors (Lipinski definition) is 5. The first-order chi connectivity index (χ1) is 15.7. The molecule has 2 aromatic rings. The number of carbonyl (C=O) groups is 1. The van der Waals surface area contributed by atoms with Crippen molar-refractivity contribution in [2.45, 2.75) is 43.0 Å². The Labute approximate surface area is 200 Å². The fourth-order valence-electron chi connectivity index (χ4n) is 4.00. The van der Waals surface area contributed by atoms with Crippen LogP contribution < -0.4 is 14.8 Å². The summed E-state index contributed by atoms with van der Waals surface area (Å²) < 4.78 is 39.0. The van der Waals surface area contributed by atoms with E-state index >= 15 is 0 Å². The van der Waals surface area contributed by atoms with E-state index in [1.807, 2.05) is 38.1 Å². The maximum Gasteiger partial charge on any atom is 0.241 e. The molecule has 1 aliphatic rings. The number of hydrogen-bond donors (Lipinski definition) is 2. The summed E-state index contributed by atoms with van der Waals surface area (Å²) in [5.74, 6) is -0.0697. The van der Waals surface area contributed by atoms with Gasteiger partial charge in [-0.25, -0.2) is 8.42 Å². The molecule has 1 atom stereocenters. The predicted octanol–water partition coefficient (Wildman–Crippen LogP) is 3.52. The highest BCUT2D eigenvalue weighted by atomic mass is 35.5. The fourth-order valence-corrected chi connectivity index (χ4v) is 5.53. The third-order valence-corrected chi connectivity index (χ3v) is 7.78. The Morgan fingerprint density at radius 1 is 1.15 bits per heavy atom. The summed E-state index contributed by atoms with van der Waals surface area (Å²) in [6, 6.07) is 12.8. The van der Waals surface area contributed by atoms with Crippen molar-refractivity contribution in [1.29, 1.82) is 0 Å². The number of benzene rings is 2. The molecule has 7 nitrogen and oxygen atoms in total. The van der Waals surface area contributed by atoms with Crippen LogP contribution >= 0.6 is 11.6 Å². The van der Waals surface area contributed by atoms with Gasteiger partial charge in [0.1, 0.15) is 11.8 Å². The average molecular weight is 495 g/mol. The van der Waals surface area contributed by atoms with E-state index in [-0.39, 0.29) is 22.1 Å². The molecule has 0 saturated carbocycles. The third-order valence-electron chi connectivity index (χ3n) is 6.09. The van der Waals surface area contributed by atoms with Gasteiger partial charge in [-0.2, -0.15) is 4.72 Å². The molecule has 0 aromatic heterocycles. The van der Waals surface area contributed by atoms with E-state index < -0.39 is 16.1 Å². The van der Waals surface area contributed by atoms with Gasteiger partial charge in [-0.3, -0.25) is 4.79 Å². The molecule has 0 aliphatic carbocycles. The van der Waals surface area contributed by atoms with E-state index in [0.717, 1.165) is 18.4 Å². The lowest BCUT2D eigenvalue weighted by Gasteiger charge is -2.38. The van der Waals surface area contributed by atoms with Crippen LogP contribution in [0.5, 0.6) is 5.75 Å². The number of halogens is 1. The van der Waals surface area contributed by atoms with E-state index in [4.69, 9.17) is 21.1 Å². The fraction of sp³-hybridized carbons (Fsp3) is 0.458. The number of ether oxygens (including phenoxy) is 2. The van der Waals surface area contributed by atoms with Crippen molar-refractivity contribution in [1.82, 2.24) is 10.0 Å². The summed E-state index contributed by atoms with van der Waals surface area (Å²) in [6.07, 6.45) is 1.47. The van der Waals surface area contributed by atoms with Crippen LogP contribution in [-0.4, -0.2) is 47.2 Å². The molecule has 0 spiro atoms. The summed E-state index contributed by atoms with van der Waals surface area (Å²) >= 11 is 6.23. The maximum absolute atomic E-state index is 13.2. The molecule has 1 saturated heterocycles. The summed E-state index contributed by atoms with van der Waals surface area (Å²) in [5, 5.41) is 3.64. The highest BCUT2D eigenvalue weighted by Gasteiger charge is 2.36. The Kier molecular flexibility index (Phi) is 8.39. The number of methoxy groups -OCH3 is 1. The van der Waals surface area contributed by atoms with Crippen molar-refractivity contribution in [3.05, 3.63) is 59.1 Å². The lowest BCUT2D eigenvalue weighted by atomic mass is 9.74. The smallest absolute Gasteiger partial charge is 0.241 e. The second kappa shape index (κ2) is 10.9. The summed E-state index contributed by atoms with van der Waals surface area (Å²) in [4.78, 5) is 13.2. The van der Waals surface area contributed by atoms with Gasteiger partial charge in [-0.15, -0.1) is 0 Å². The zero-order valence-corrected chi connectivity index (χ0v) is 20.7. The molecule has 1 aliphatic heterocycles. The topological polar surface area (TPSA) is 93.7 Å². The predicted molar refractivity (Wildman–Crippen MR) is 128 cm³/mol. The molecule has 0 bridgehead atoms. The van der Waals surface area contributed by atoms with Crippen LogP contribution in [0.15, 0.2) is 53.4 Å². The van der Waals surface area contributed by atoms with E-state index in [0.29, 0.717) is 30.5 Å². The third kappa shape index (κ3) is 6.26. The molecule has 2 aromatic carbocycles. The van der Waals surface area contributed by atoms with E-state index in [1.54, 1.807) is 12.1 Å². The van der Waals surface area contributed by atoms with Gasteiger partial charge in [-0.1, -0.05) is 37.6 Å². The standard InChI is InChI=1S/C24H31ClN2O5S/c1-17(2)22(27-33(29,30)21-9-7-20(31-3)8-10-21)23(28)26-16-24(11-13-32-14-12-24)18-5-4-6-19(25)15-18/h4-10,15,17,22,27H,11-14,16H2,1-3H3,(H,26,28)/t22-/m0/s1. The molecule has 1 heterocycles. The molecule has 180 valence electrons. The van der Waals surface area contributed by atoms with Gasteiger partial charge in [-0.05, 0) is 60.7 Å². The van der Waals surface area contributed by atoms with Gasteiger partial charge >= 0.3 is 0 Å². The number of amides is 1. The molecular weight excluding hydrogens is 464 g/mol. The summed E-state index contributed by atoms with van der Waals surface area (Å²) in [5.41, 5.74) is 0.716. The van der Waals surface area contributed by atoms with Crippen LogP contribution in [0.2, 0.25) is 5.02 Å². The minimum Gasteiger partial charge on any atom is -0.497 e. The van der Waals surface area contributed by atoms with E-state index in [9.17, 15) is 13.2 Å². The quantitative estimate of drug-likeness (QED) is 0.556. The molecule has 0 radical (unpaired) electrons. The van der Waals surface area contributed by atoms with Crippen molar-refractivity contribution in [3.63, 3.8) is 0 Å². The van der Waals surface area contributed by atoms with Gasteiger partial charge in [0.25, 0.3) is 0 Å². The average Bonchev–Trinajstić information content (AvgIpc) is 2.81. The normalized spacial score (nSPS) is 16.9. The lowest BCUT2D eigenvalue weighted by Crippen LogP contribution is -2.53. The van der Waals surface area contributed by atoms with Crippen LogP contribution in [0.25, 0.3) is 0 Å². The number of rotatable bonds is 9. The molecular formula is C24H31ClN2O5S. The maximum atomic E-state index is 13.2. The molecule has 3 rings (SSSR count). The van der Waals surface area contributed by atoms with Gasteiger partial charge in [0.2, 0.25) is 15.9 Å². The SMILES string of the molecule is COc1ccc(S(=O)(=O)N[C@H](C(=O)NCC2(c3cccc(Cl)c3)CCOCC2)C(C)C)cc1. The van der Waals surface area contributed by atoms with Gasteiger partial charge in [0.15, 0.2) is 0 Å². The Bertz CT molecular complexity index is 1050. The van der Waals surface area contributed by atoms with Gasteiger partial charge < -0.3 is 14.8 Å². The molecule has 0 unspecified atom stereocenters. The van der Waals surface area contributed by atoms with Crippen molar-refractivity contribution in [3.8, 4) is 5.75 Å². The van der Waals surface area contributed by atoms with Crippen molar-refractivity contribution in [2.24, 2.45) is 5.92 Å². The Hall–Kier alpha value is -2.13. The zero-order valence-electron chi connectivity index (χ0n) is 19.1. The van der Waals surface area contributed by atoms with Crippen LogP contribution in [0.4, 0.5) is 0 Å². The minimum absolute atomic E-state index is 0.0709. The van der Waals surface area contributed by atoms with E-state index in [2.05, 4.69) is 10.0 Å². The summed E-state index contributed by atoms with van der Waals surface area (Å²) in [7, 11) is -2.39. The van der Waals surface area contributed by atoms with Gasteiger partial charge in [0.05, 0.1) is 12.0 Å². The first-order valence-corrected chi connectivity index (χ1v) is 12.8.